The second kappa shape index (κ2) is 16.1. The molecule has 2 fully saturated rings. The lowest BCUT2D eigenvalue weighted by molar-refractivity contribution is -0.184. The minimum Gasteiger partial charge on any atom is -0.425 e. The first-order chi connectivity index (χ1) is 21.2. The van der Waals surface area contributed by atoms with Gasteiger partial charge < -0.3 is 19.3 Å². The number of carbonyl (C=O) groups is 4. The van der Waals surface area contributed by atoms with Crippen LogP contribution in [0.15, 0.2) is 18.6 Å². The second-order valence-corrected chi connectivity index (χ2v) is 14.0. The number of esters is 2. The van der Waals surface area contributed by atoms with Crippen molar-refractivity contribution < 1.29 is 28.7 Å². The lowest BCUT2D eigenvalue weighted by atomic mass is 9.92. The standard InChI is InChI=1S/C30H40N6O6S2/c1-20-11-15-35(25(37)10-14-31)18-24(20)34(3)29-23-12-16-36(30(23)33-19-32-29)26(38)8-9-28(40)42-21(2)41-27(39)7-5-4-6-22-13-17-43-44-22/h12,16,19-22,24H,4-11,13,15,17-18H2,1-3H3/t20-,21?,22-,24+/m1/s1. The number of anilines is 1. The van der Waals surface area contributed by atoms with E-state index in [4.69, 9.17) is 14.7 Å². The van der Waals surface area contributed by atoms with Crippen LogP contribution < -0.4 is 4.90 Å². The maximum Gasteiger partial charge on any atom is 0.309 e. The van der Waals surface area contributed by atoms with Crippen LogP contribution in [0.4, 0.5) is 5.82 Å². The van der Waals surface area contributed by atoms with Gasteiger partial charge in [-0.3, -0.25) is 23.7 Å². The second-order valence-electron chi connectivity index (χ2n) is 11.3. The molecule has 44 heavy (non-hydrogen) atoms. The van der Waals surface area contributed by atoms with Crippen LogP contribution in [-0.4, -0.2) is 86.7 Å². The molecule has 0 spiro atoms. The SMILES string of the molecule is CC(OC(=O)CCCC[C@@H]1CCSS1)OC(=O)CCC(=O)n1ccc2c(N(C)[C@H]3CN(C(=O)CC#N)CC[C@H]3C)ncnc21. The first-order valence-electron chi connectivity index (χ1n) is 15.1. The van der Waals surface area contributed by atoms with Gasteiger partial charge in [-0.15, -0.1) is 0 Å². The molecule has 0 radical (unpaired) electrons. The van der Waals surface area contributed by atoms with Crippen LogP contribution in [0.2, 0.25) is 0 Å². The van der Waals surface area contributed by atoms with Crippen molar-refractivity contribution >= 4 is 62.2 Å². The highest BCUT2D eigenvalue weighted by atomic mass is 33.1. The Bertz CT molecular complexity index is 1370. The predicted octanol–water partition coefficient (Wildman–Crippen LogP) is 4.59. The Balaban J connectivity index is 1.27. The molecule has 238 valence electrons. The van der Waals surface area contributed by atoms with Gasteiger partial charge in [0.25, 0.3) is 0 Å². The van der Waals surface area contributed by atoms with E-state index in [0.717, 1.165) is 25.7 Å². The molecule has 0 aromatic carbocycles. The van der Waals surface area contributed by atoms with Crippen LogP contribution >= 0.6 is 21.6 Å². The van der Waals surface area contributed by atoms with Gasteiger partial charge in [0.1, 0.15) is 18.6 Å². The summed E-state index contributed by atoms with van der Waals surface area (Å²) in [5, 5.41) is 10.3. The molecule has 4 heterocycles. The molecule has 1 unspecified atom stereocenters. The Labute approximate surface area is 265 Å². The molecule has 14 heteroatoms. The van der Waals surface area contributed by atoms with E-state index >= 15 is 0 Å². The average molecular weight is 645 g/mol. The zero-order valence-corrected chi connectivity index (χ0v) is 27.1. The summed E-state index contributed by atoms with van der Waals surface area (Å²) in [4.78, 5) is 62.5. The van der Waals surface area contributed by atoms with E-state index in [1.807, 2.05) is 39.6 Å². The topological polar surface area (TPSA) is 148 Å². The average Bonchev–Trinajstić information content (AvgIpc) is 3.68. The zero-order chi connectivity index (χ0) is 31.6. The Morgan fingerprint density at radius 3 is 2.61 bits per heavy atom. The van der Waals surface area contributed by atoms with Gasteiger partial charge in [0, 0.05) is 57.1 Å². The Morgan fingerprint density at radius 2 is 1.89 bits per heavy atom. The highest BCUT2D eigenvalue weighted by Gasteiger charge is 2.33. The number of ether oxygens (including phenoxy) is 2. The number of amides is 1. The number of nitriles is 1. The summed E-state index contributed by atoms with van der Waals surface area (Å²) in [6, 6.07) is 3.65. The van der Waals surface area contributed by atoms with E-state index in [9.17, 15) is 19.2 Å². The highest BCUT2D eigenvalue weighted by molar-refractivity contribution is 8.77. The zero-order valence-electron chi connectivity index (χ0n) is 25.5. The van der Waals surface area contributed by atoms with Gasteiger partial charge in [-0.2, -0.15) is 5.26 Å². The van der Waals surface area contributed by atoms with Crippen molar-refractivity contribution in [1.82, 2.24) is 19.4 Å². The number of piperidine rings is 1. The monoisotopic (exact) mass is 644 g/mol. The van der Waals surface area contributed by atoms with E-state index < -0.39 is 18.2 Å². The van der Waals surface area contributed by atoms with Crippen molar-refractivity contribution in [3.8, 4) is 6.07 Å². The van der Waals surface area contributed by atoms with Gasteiger partial charge in [-0.25, -0.2) is 9.97 Å². The third kappa shape index (κ3) is 8.88. The predicted molar refractivity (Wildman–Crippen MR) is 169 cm³/mol. The Kier molecular flexibility index (Phi) is 12.3. The normalized spacial score (nSPS) is 20.6. The summed E-state index contributed by atoms with van der Waals surface area (Å²) in [5.41, 5.74) is 0.411. The fourth-order valence-corrected chi connectivity index (χ4v) is 8.61. The third-order valence-corrected chi connectivity index (χ3v) is 11.1. The van der Waals surface area contributed by atoms with Crippen molar-refractivity contribution in [2.75, 3.05) is 30.8 Å². The van der Waals surface area contributed by atoms with Gasteiger partial charge in [-0.05, 0) is 37.7 Å². The van der Waals surface area contributed by atoms with Gasteiger partial charge in [-0.1, -0.05) is 34.9 Å². The van der Waals surface area contributed by atoms with Crippen LogP contribution in [0.5, 0.6) is 0 Å². The number of rotatable bonds is 13. The number of likely N-dealkylation sites (tertiary alicyclic amines) is 1. The molecule has 0 bridgehead atoms. The van der Waals surface area contributed by atoms with Crippen molar-refractivity contribution in [2.24, 2.45) is 5.92 Å². The molecule has 1 amide bonds. The largest absolute Gasteiger partial charge is 0.425 e. The van der Waals surface area contributed by atoms with Crippen molar-refractivity contribution in [3.63, 3.8) is 0 Å². The van der Waals surface area contributed by atoms with E-state index in [0.29, 0.717) is 35.2 Å². The van der Waals surface area contributed by atoms with E-state index in [-0.39, 0.29) is 49.5 Å². The molecule has 2 aliphatic rings. The van der Waals surface area contributed by atoms with Crippen LogP contribution in [0, 0.1) is 17.2 Å². The number of hydrogen-bond acceptors (Lipinski definition) is 12. The molecular formula is C30H40N6O6S2. The van der Waals surface area contributed by atoms with Crippen molar-refractivity contribution in [2.45, 2.75) is 89.2 Å². The van der Waals surface area contributed by atoms with Crippen LogP contribution in [0.1, 0.15) is 76.4 Å². The maximum atomic E-state index is 13.1. The van der Waals surface area contributed by atoms with Gasteiger partial charge >= 0.3 is 11.9 Å². The molecule has 0 aliphatic carbocycles. The first-order valence-corrected chi connectivity index (χ1v) is 17.5. The number of hydrogen-bond donors (Lipinski definition) is 0. The van der Waals surface area contributed by atoms with Crippen molar-refractivity contribution in [3.05, 3.63) is 18.6 Å². The minimum atomic E-state index is -1.03. The van der Waals surface area contributed by atoms with Gasteiger partial charge in [0.15, 0.2) is 5.65 Å². The molecule has 0 N–H and O–H groups in total. The fraction of sp³-hybridized carbons (Fsp3) is 0.633. The molecular weight excluding hydrogens is 605 g/mol. The smallest absolute Gasteiger partial charge is 0.309 e. The fourth-order valence-electron chi connectivity index (χ4n) is 5.58. The van der Waals surface area contributed by atoms with Gasteiger partial charge in [0.2, 0.25) is 18.1 Å². The lowest BCUT2D eigenvalue weighted by Crippen LogP contribution is -2.52. The number of nitrogens with zero attached hydrogens (tertiary/aromatic N) is 6. The van der Waals surface area contributed by atoms with E-state index in [1.54, 1.807) is 17.2 Å². The van der Waals surface area contributed by atoms with E-state index in [1.165, 1.54) is 30.0 Å². The number of likely N-dealkylation sites (N-methyl/N-ethyl adjacent to an activating group) is 1. The van der Waals surface area contributed by atoms with Gasteiger partial charge in [0.05, 0.1) is 23.9 Å². The van der Waals surface area contributed by atoms with Crippen molar-refractivity contribution in [1.29, 1.82) is 5.26 Å². The molecule has 4 rings (SSSR count). The summed E-state index contributed by atoms with van der Waals surface area (Å²) < 4.78 is 11.8. The Hall–Kier alpha value is -3.31. The highest BCUT2D eigenvalue weighted by Crippen LogP contribution is 2.40. The number of carbonyl (C=O) groups excluding carboxylic acids is 4. The lowest BCUT2D eigenvalue weighted by Gasteiger charge is -2.42. The summed E-state index contributed by atoms with van der Waals surface area (Å²) in [7, 11) is 5.73. The third-order valence-electron chi connectivity index (χ3n) is 8.08. The van der Waals surface area contributed by atoms with Crippen LogP contribution in [0.3, 0.4) is 0 Å². The summed E-state index contributed by atoms with van der Waals surface area (Å²) >= 11 is 0. The minimum absolute atomic E-state index is 0.0374. The first kappa shape index (κ1) is 33.6. The molecule has 12 nitrogen and oxygen atoms in total. The molecule has 2 saturated heterocycles. The molecule has 0 saturated carbocycles. The molecule has 2 aromatic rings. The number of unbranched alkanes of at least 4 members (excludes halogenated alkanes) is 1. The molecule has 2 aromatic heterocycles. The number of fused-ring (bicyclic) bond motifs is 1. The Morgan fingerprint density at radius 1 is 1.11 bits per heavy atom. The maximum absolute atomic E-state index is 13.1. The van der Waals surface area contributed by atoms with Crippen LogP contribution in [0.25, 0.3) is 11.0 Å². The summed E-state index contributed by atoms with van der Waals surface area (Å²) in [6.07, 6.45) is 6.61. The molecule has 4 atom stereocenters. The summed E-state index contributed by atoms with van der Waals surface area (Å²) in [5.74, 6) is 0.522. The van der Waals surface area contributed by atoms with Crippen LogP contribution in [-0.2, 0) is 23.9 Å². The quantitative estimate of drug-likeness (QED) is 0.130. The molecule has 2 aliphatic heterocycles. The van der Waals surface area contributed by atoms with E-state index in [2.05, 4.69) is 16.9 Å². The number of aromatic nitrogens is 3. The summed E-state index contributed by atoms with van der Waals surface area (Å²) in [6.45, 7) is 4.69.